The van der Waals surface area contributed by atoms with E-state index in [2.05, 4.69) is 0 Å². The number of halogens is 1. The van der Waals surface area contributed by atoms with E-state index < -0.39 is 17.7 Å². The number of likely N-dealkylation sites (tertiary alicyclic amines) is 1. The van der Waals surface area contributed by atoms with Crippen LogP contribution in [0.3, 0.4) is 0 Å². The Morgan fingerprint density at radius 1 is 1.16 bits per heavy atom. The molecule has 1 saturated heterocycles. The Morgan fingerprint density at radius 3 is 2.52 bits per heavy atom. The lowest BCUT2D eigenvalue weighted by molar-refractivity contribution is -0.139. The topological polar surface area (TPSA) is 76.1 Å². The molecule has 3 rings (SSSR count). The summed E-state index contributed by atoms with van der Waals surface area (Å²) in [5.41, 5.74) is 0.863. The summed E-state index contributed by atoms with van der Waals surface area (Å²) in [7, 11) is 1.46. The first-order valence-corrected chi connectivity index (χ1v) is 10.6. The molecule has 1 unspecified atom stereocenters. The number of rotatable bonds is 7. The highest BCUT2D eigenvalue weighted by Crippen LogP contribution is 2.44. The Kier molecular flexibility index (Phi) is 6.91. The van der Waals surface area contributed by atoms with Gasteiger partial charge in [-0.25, -0.2) is 0 Å². The Labute approximate surface area is 187 Å². The van der Waals surface area contributed by atoms with Crippen molar-refractivity contribution in [3.8, 4) is 11.5 Å². The monoisotopic (exact) mass is 443 g/mol. The number of benzene rings is 2. The molecule has 164 valence electrons. The molecule has 0 radical (unpaired) electrons. The number of ketones is 1. The van der Waals surface area contributed by atoms with Crippen molar-refractivity contribution in [3.05, 3.63) is 64.2 Å². The maximum Gasteiger partial charge on any atom is 0.295 e. The van der Waals surface area contributed by atoms with Crippen LogP contribution >= 0.6 is 11.6 Å². The normalized spacial score (nSPS) is 18.0. The third-order valence-corrected chi connectivity index (χ3v) is 5.23. The zero-order chi connectivity index (χ0) is 22.7. The van der Waals surface area contributed by atoms with Crippen molar-refractivity contribution in [2.75, 3.05) is 13.7 Å². The predicted octanol–water partition coefficient (Wildman–Crippen LogP) is 4.97. The van der Waals surface area contributed by atoms with Gasteiger partial charge < -0.3 is 19.5 Å². The fourth-order valence-corrected chi connectivity index (χ4v) is 3.93. The number of methoxy groups -OCH3 is 1. The Balaban J connectivity index is 2.28. The van der Waals surface area contributed by atoms with Crippen molar-refractivity contribution in [2.24, 2.45) is 0 Å². The van der Waals surface area contributed by atoms with Gasteiger partial charge in [-0.05, 0) is 44.5 Å². The number of hydrogen-bond donors (Lipinski definition) is 1. The first-order chi connectivity index (χ1) is 14.8. The zero-order valence-electron chi connectivity index (χ0n) is 18.0. The first kappa shape index (κ1) is 22.7. The molecule has 0 spiro atoms. The van der Waals surface area contributed by atoms with Gasteiger partial charge in [0.2, 0.25) is 0 Å². The van der Waals surface area contributed by atoms with E-state index in [-0.39, 0.29) is 23.0 Å². The minimum absolute atomic E-state index is 0.0150. The summed E-state index contributed by atoms with van der Waals surface area (Å²) >= 11 is 6.13. The minimum Gasteiger partial charge on any atom is -0.507 e. The van der Waals surface area contributed by atoms with Crippen LogP contribution in [-0.4, -0.2) is 41.5 Å². The molecule has 6 nitrogen and oxygen atoms in total. The number of ether oxygens (including phenoxy) is 2. The summed E-state index contributed by atoms with van der Waals surface area (Å²) in [6, 6.07) is 11.2. The summed E-state index contributed by atoms with van der Waals surface area (Å²) in [5, 5.41) is 11.6. The molecule has 1 fully saturated rings. The van der Waals surface area contributed by atoms with Gasteiger partial charge in [0.1, 0.15) is 17.3 Å². The van der Waals surface area contributed by atoms with Gasteiger partial charge in [0, 0.05) is 17.1 Å². The number of aliphatic hydroxyl groups is 1. The Morgan fingerprint density at radius 2 is 1.87 bits per heavy atom. The van der Waals surface area contributed by atoms with Crippen molar-refractivity contribution >= 4 is 29.1 Å². The number of para-hydroxylation sites is 1. The fraction of sp³-hybridized carbons (Fsp3) is 0.333. The number of nitrogens with zero attached hydrogens (tertiary/aromatic N) is 1. The number of hydrogen-bond acceptors (Lipinski definition) is 5. The third kappa shape index (κ3) is 4.39. The van der Waals surface area contributed by atoms with Gasteiger partial charge >= 0.3 is 0 Å². The zero-order valence-corrected chi connectivity index (χ0v) is 18.8. The minimum atomic E-state index is -0.793. The standard InChI is InChI=1S/C24H26ClNO5/c1-5-12-26-21(16-8-6-7-9-19(16)31-14(2)3)20(23(28)24(26)29)22(27)17-13-15(25)10-11-18(17)30-4/h6-11,13-14,21,27H,5,12H2,1-4H3/b22-20+. The third-order valence-electron chi connectivity index (χ3n) is 5.00. The number of Topliss-reactive ketones (excluding diaryl/α,β-unsaturated/α-hetero) is 1. The number of amides is 1. The molecule has 1 aliphatic rings. The van der Waals surface area contributed by atoms with E-state index in [4.69, 9.17) is 21.1 Å². The van der Waals surface area contributed by atoms with Crippen LogP contribution in [0.5, 0.6) is 11.5 Å². The molecule has 0 bridgehead atoms. The number of carbonyl (C=O) groups is 2. The summed E-state index contributed by atoms with van der Waals surface area (Å²) < 4.78 is 11.3. The van der Waals surface area contributed by atoms with Crippen molar-refractivity contribution in [2.45, 2.75) is 39.3 Å². The molecule has 1 aliphatic heterocycles. The van der Waals surface area contributed by atoms with Gasteiger partial charge in [0.15, 0.2) is 0 Å². The first-order valence-electron chi connectivity index (χ1n) is 10.2. The van der Waals surface area contributed by atoms with Crippen LogP contribution in [0.15, 0.2) is 48.0 Å². The van der Waals surface area contributed by atoms with Crippen LogP contribution in [0.1, 0.15) is 44.4 Å². The SMILES string of the molecule is CCCN1C(=O)C(=O)/C(=C(/O)c2cc(Cl)ccc2OC)C1c1ccccc1OC(C)C. The molecule has 2 aromatic rings. The van der Waals surface area contributed by atoms with Gasteiger partial charge in [-0.2, -0.15) is 0 Å². The van der Waals surface area contributed by atoms with Crippen LogP contribution in [0.2, 0.25) is 5.02 Å². The number of carbonyl (C=O) groups excluding carboxylic acids is 2. The maximum absolute atomic E-state index is 13.1. The summed E-state index contributed by atoms with van der Waals surface area (Å²) in [6.07, 6.45) is 0.541. The van der Waals surface area contributed by atoms with E-state index in [1.165, 1.54) is 18.1 Å². The smallest absolute Gasteiger partial charge is 0.295 e. The van der Waals surface area contributed by atoms with E-state index in [0.29, 0.717) is 35.1 Å². The molecular weight excluding hydrogens is 418 g/mol. The summed E-state index contributed by atoms with van der Waals surface area (Å²) in [4.78, 5) is 27.5. The lowest BCUT2D eigenvalue weighted by atomic mass is 9.94. The molecule has 1 amide bonds. The van der Waals surface area contributed by atoms with E-state index in [0.717, 1.165) is 0 Å². The van der Waals surface area contributed by atoms with Crippen LogP contribution in [-0.2, 0) is 9.59 Å². The van der Waals surface area contributed by atoms with Gasteiger partial charge in [-0.3, -0.25) is 9.59 Å². The highest BCUT2D eigenvalue weighted by Gasteiger charge is 2.47. The van der Waals surface area contributed by atoms with Gasteiger partial charge in [0.05, 0.1) is 30.4 Å². The highest BCUT2D eigenvalue weighted by molar-refractivity contribution is 6.46. The molecule has 1 N–H and O–H groups in total. The molecule has 2 aromatic carbocycles. The van der Waals surface area contributed by atoms with Crippen molar-refractivity contribution in [1.29, 1.82) is 0 Å². The maximum atomic E-state index is 13.1. The molecule has 0 aliphatic carbocycles. The second-order valence-corrected chi connectivity index (χ2v) is 7.98. The van der Waals surface area contributed by atoms with Gasteiger partial charge in [-0.1, -0.05) is 36.7 Å². The van der Waals surface area contributed by atoms with Crippen LogP contribution < -0.4 is 9.47 Å². The fourth-order valence-electron chi connectivity index (χ4n) is 3.75. The Hall–Kier alpha value is -2.99. The van der Waals surface area contributed by atoms with Crippen LogP contribution in [0, 0.1) is 0 Å². The van der Waals surface area contributed by atoms with E-state index in [9.17, 15) is 14.7 Å². The molecule has 0 aromatic heterocycles. The van der Waals surface area contributed by atoms with Crippen molar-refractivity contribution in [1.82, 2.24) is 4.90 Å². The van der Waals surface area contributed by atoms with Gasteiger partial charge in [-0.15, -0.1) is 0 Å². The molecule has 1 atom stereocenters. The van der Waals surface area contributed by atoms with Crippen LogP contribution in [0.4, 0.5) is 0 Å². The average Bonchev–Trinajstić information content (AvgIpc) is 2.98. The second kappa shape index (κ2) is 9.43. The molecule has 31 heavy (non-hydrogen) atoms. The molecular formula is C24H26ClNO5. The van der Waals surface area contributed by atoms with Crippen molar-refractivity contribution < 1.29 is 24.2 Å². The molecule has 0 saturated carbocycles. The molecule has 1 heterocycles. The van der Waals surface area contributed by atoms with E-state index in [1.54, 1.807) is 24.3 Å². The highest BCUT2D eigenvalue weighted by atomic mass is 35.5. The summed E-state index contributed by atoms with van der Waals surface area (Å²) in [6.45, 7) is 6.08. The summed E-state index contributed by atoms with van der Waals surface area (Å²) in [5.74, 6) is -0.852. The van der Waals surface area contributed by atoms with E-state index >= 15 is 0 Å². The van der Waals surface area contributed by atoms with Crippen molar-refractivity contribution in [3.63, 3.8) is 0 Å². The lowest BCUT2D eigenvalue weighted by Crippen LogP contribution is -2.30. The quantitative estimate of drug-likeness (QED) is 0.371. The lowest BCUT2D eigenvalue weighted by Gasteiger charge is -2.27. The predicted molar refractivity (Wildman–Crippen MR) is 120 cm³/mol. The number of aliphatic hydroxyl groups excluding tert-OH is 1. The second-order valence-electron chi connectivity index (χ2n) is 7.54. The average molecular weight is 444 g/mol. The van der Waals surface area contributed by atoms with E-state index in [1.807, 2.05) is 32.9 Å². The largest absolute Gasteiger partial charge is 0.507 e. The van der Waals surface area contributed by atoms with Gasteiger partial charge in [0.25, 0.3) is 11.7 Å². The van der Waals surface area contributed by atoms with Crippen LogP contribution in [0.25, 0.3) is 5.76 Å². The molecule has 7 heteroatoms. The Bertz CT molecular complexity index is 1030.